The topological polar surface area (TPSA) is 101 Å². The molecule has 2 amide bonds. The van der Waals surface area contributed by atoms with Crippen LogP contribution < -0.4 is 10.6 Å². The van der Waals surface area contributed by atoms with E-state index in [1.807, 2.05) is 10.9 Å². The third kappa shape index (κ3) is 5.11. The highest BCUT2D eigenvalue weighted by atomic mass is 19.1. The quantitative estimate of drug-likeness (QED) is 0.638. The summed E-state index contributed by atoms with van der Waals surface area (Å²) in [5.74, 6) is -0.828. The van der Waals surface area contributed by atoms with Gasteiger partial charge < -0.3 is 20.5 Å². The van der Waals surface area contributed by atoms with Crippen molar-refractivity contribution in [2.75, 3.05) is 11.9 Å². The van der Waals surface area contributed by atoms with E-state index < -0.39 is 29.8 Å². The number of aromatic nitrogens is 3. The van der Waals surface area contributed by atoms with Crippen LogP contribution in [-0.2, 0) is 11.3 Å². The molecule has 0 bridgehead atoms. The van der Waals surface area contributed by atoms with Crippen LogP contribution in [0, 0.1) is 11.6 Å². The van der Waals surface area contributed by atoms with E-state index in [0.717, 1.165) is 30.3 Å². The number of carbonyl (C=O) groups excluding carboxylic acids is 1. The van der Waals surface area contributed by atoms with E-state index in [2.05, 4.69) is 20.9 Å². The van der Waals surface area contributed by atoms with Gasteiger partial charge in [-0.1, -0.05) is 5.21 Å². The smallest absolute Gasteiger partial charge is 0.319 e. The first-order valence-corrected chi connectivity index (χ1v) is 10.2. The van der Waals surface area contributed by atoms with Gasteiger partial charge in [0.25, 0.3) is 0 Å². The Balaban J connectivity index is 1.26. The van der Waals surface area contributed by atoms with Gasteiger partial charge in [0.05, 0.1) is 30.1 Å². The molecular formula is C20H25F2N5O3. The monoisotopic (exact) mass is 421 g/mol. The molecule has 162 valence electrons. The van der Waals surface area contributed by atoms with Crippen molar-refractivity contribution in [3.05, 3.63) is 41.7 Å². The van der Waals surface area contributed by atoms with Gasteiger partial charge in [-0.2, -0.15) is 0 Å². The largest absolute Gasteiger partial charge is 0.394 e. The molecule has 3 N–H and O–H groups in total. The minimum absolute atomic E-state index is 0.0718. The molecule has 0 unspecified atom stereocenters. The predicted octanol–water partition coefficient (Wildman–Crippen LogP) is 2.55. The Hall–Kier alpha value is -2.59. The summed E-state index contributed by atoms with van der Waals surface area (Å²) in [6, 6.07) is 1.71. The Bertz CT molecular complexity index is 889. The molecule has 0 spiro atoms. The lowest BCUT2D eigenvalue weighted by Gasteiger charge is -2.36. The standard InChI is InChI=1S/C20H25F2N5O3/c21-13-3-5-15(22)17(9-13)24-20(29)23-16-6-4-14(30-19(16)11-28)7-8-27-10-18(25-26-27)12-1-2-12/h3,5,9-10,12,14,16,19,28H,1-2,4,6-8,11H2,(H2,23,24,29)/t14-,16-,19+/m1/s1. The molecule has 8 nitrogen and oxygen atoms in total. The molecule has 2 aliphatic rings. The van der Waals surface area contributed by atoms with E-state index in [0.29, 0.717) is 25.3 Å². The Kier molecular flexibility index (Phi) is 6.24. The first-order chi connectivity index (χ1) is 14.5. The summed E-state index contributed by atoms with van der Waals surface area (Å²) in [7, 11) is 0. The van der Waals surface area contributed by atoms with Crippen molar-refractivity contribution >= 4 is 11.7 Å². The van der Waals surface area contributed by atoms with Crippen LogP contribution in [0.15, 0.2) is 24.4 Å². The van der Waals surface area contributed by atoms with Gasteiger partial charge in [-0.25, -0.2) is 13.6 Å². The summed E-state index contributed by atoms with van der Waals surface area (Å²) in [4.78, 5) is 12.2. The van der Waals surface area contributed by atoms with Crippen LogP contribution >= 0.6 is 0 Å². The lowest BCUT2D eigenvalue weighted by Crippen LogP contribution is -2.52. The second kappa shape index (κ2) is 9.05. The molecule has 2 heterocycles. The van der Waals surface area contributed by atoms with E-state index in [4.69, 9.17) is 4.74 Å². The molecule has 1 aromatic heterocycles. The van der Waals surface area contributed by atoms with Crippen LogP contribution in [0.25, 0.3) is 0 Å². The maximum Gasteiger partial charge on any atom is 0.319 e. The number of nitrogens with one attached hydrogen (secondary N) is 2. The summed E-state index contributed by atoms with van der Waals surface area (Å²) in [5.41, 5.74) is 0.791. The number of halogens is 2. The molecule has 4 rings (SSSR count). The number of anilines is 1. The molecule has 1 aliphatic heterocycles. The highest BCUT2D eigenvalue weighted by Gasteiger charge is 2.32. The van der Waals surface area contributed by atoms with Gasteiger partial charge >= 0.3 is 6.03 Å². The Morgan fingerprint density at radius 1 is 1.27 bits per heavy atom. The highest BCUT2D eigenvalue weighted by molar-refractivity contribution is 5.89. The zero-order chi connectivity index (χ0) is 21.1. The number of ether oxygens (including phenoxy) is 1. The van der Waals surface area contributed by atoms with Gasteiger partial charge in [0.1, 0.15) is 17.7 Å². The predicted molar refractivity (Wildman–Crippen MR) is 104 cm³/mol. The third-order valence-electron chi connectivity index (χ3n) is 5.52. The van der Waals surface area contributed by atoms with Gasteiger partial charge in [-0.15, -0.1) is 5.10 Å². The lowest BCUT2D eigenvalue weighted by atomic mass is 9.97. The zero-order valence-corrected chi connectivity index (χ0v) is 16.4. The molecule has 1 saturated heterocycles. The van der Waals surface area contributed by atoms with Gasteiger partial charge in [0, 0.05) is 24.7 Å². The van der Waals surface area contributed by atoms with Crippen LogP contribution in [0.1, 0.15) is 43.7 Å². The van der Waals surface area contributed by atoms with E-state index in [9.17, 15) is 18.7 Å². The number of rotatable bonds is 7. The van der Waals surface area contributed by atoms with Crippen LogP contribution in [0.3, 0.4) is 0 Å². The number of urea groups is 1. The molecule has 10 heteroatoms. The molecule has 2 fully saturated rings. The fourth-order valence-corrected chi connectivity index (χ4v) is 3.69. The minimum atomic E-state index is -0.733. The van der Waals surface area contributed by atoms with Gasteiger partial charge in [0.15, 0.2) is 0 Å². The van der Waals surface area contributed by atoms with Crippen molar-refractivity contribution in [2.45, 2.75) is 62.8 Å². The molecule has 0 radical (unpaired) electrons. The normalized spacial score (nSPS) is 23.9. The molecule has 1 saturated carbocycles. The number of amides is 2. The Morgan fingerprint density at radius 3 is 2.87 bits per heavy atom. The van der Waals surface area contributed by atoms with Gasteiger partial charge in [-0.05, 0) is 44.2 Å². The van der Waals surface area contributed by atoms with Gasteiger partial charge in [0.2, 0.25) is 0 Å². The summed E-state index contributed by atoms with van der Waals surface area (Å²) < 4.78 is 34.7. The fraction of sp³-hybridized carbons (Fsp3) is 0.550. The van der Waals surface area contributed by atoms with E-state index in [-0.39, 0.29) is 18.4 Å². The van der Waals surface area contributed by atoms with Crippen molar-refractivity contribution < 1.29 is 23.4 Å². The van der Waals surface area contributed by atoms with E-state index in [1.54, 1.807) is 0 Å². The fourth-order valence-electron chi connectivity index (χ4n) is 3.69. The van der Waals surface area contributed by atoms with Crippen molar-refractivity contribution in [3.8, 4) is 0 Å². The van der Waals surface area contributed by atoms with Crippen LogP contribution in [-0.4, -0.2) is 51.0 Å². The number of aliphatic hydroxyl groups is 1. The first-order valence-electron chi connectivity index (χ1n) is 10.2. The van der Waals surface area contributed by atoms with Crippen LogP contribution in [0.5, 0.6) is 0 Å². The Labute approximate surface area is 172 Å². The number of aliphatic hydroxyl groups excluding tert-OH is 1. The van der Waals surface area contributed by atoms with Crippen molar-refractivity contribution in [2.24, 2.45) is 0 Å². The number of carbonyl (C=O) groups is 1. The summed E-state index contributed by atoms with van der Waals surface area (Å²) in [6.45, 7) is 0.408. The number of hydrogen-bond acceptors (Lipinski definition) is 5. The van der Waals surface area contributed by atoms with Crippen molar-refractivity contribution in [3.63, 3.8) is 0 Å². The number of hydrogen-bond donors (Lipinski definition) is 3. The highest BCUT2D eigenvalue weighted by Crippen LogP contribution is 2.38. The van der Waals surface area contributed by atoms with E-state index >= 15 is 0 Å². The molecule has 2 aromatic rings. The summed E-state index contributed by atoms with van der Waals surface area (Å²) in [5, 5.41) is 23.0. The van der Waals surface area contributed by atoms with E-state index in [1.165, 1.54) is 12.8 Å². The maximum absolute atomic E-state index is 13.7. The summed E-state index contributed by atoms with van der Waals surface area (Å²) in [6.07, 6.45) is 5.69. The average Bonchev–Trinajstić information content (AvgIpc) is 3.48. The second-order valence-electron chi connectivity index (χ2n) is 7.86. The maximum atomic E-state index is 13.7. The second-order valence-corrected chi connectivity index (χ2v) is 7.86. The molecule has 1 aliphatic carbocycles. The van der Waals surface area contributed by atoms with Crippen molar-refractivity contribution in [1.82, 2.24) is 20.3 Å². The van der Waals surface area contributed by atoms with Crippen molar-refractivity contribution in [1.29, 1.82) is 0 Å². The average molecular weight is 421 g/mol. The minimum Gasteiger partial charge on any atom is -0.394 e. The number of benzene rings is 1. The van der Waals surface area contributed by atoms with Crippen LogP contribution in [0.2, 0.25) is 0 Å². The first kappa shape index (κ1) is 20.7. The number of aryl methyl sites for hydroxylation is 1. The Morgan fingerprint density at radius 2 is 2.10 bits per heavy atom. The molecule has 3 atom stereocenters. The molecule has 1 aromatic carbocycles. The zero-order valence-electron chi connectivity index (χ0n) is 16.4. The summed E-state index contributed by atoms with van der Waals surface area (Å²) >= 11 is 0. The van der Waals surface area contributed by atoms with Gasteiger partial charge in [-0.3, -0.25) is 4.68 Å². The molecular weight excluding hydrogens is 396 g/mol. The van der Waals surface area contributed by atoms with Crippen LogP contribution in [0.4, 0.5) is 19.3 Å². The SMILES string of the molecule is O=C(Nc1cc(F)ccc1F)N[C@@H]1CC[C@H](CCn2cc(C3CC3)nn2)O[C@H]1CO. The third-order valence-corrected chi connectivity index (χ3v) is 5.52. The number of nitrogens with zero attached hydrogens (tertiary/aromatic N) is 3. The molecule has 30 heavy (non-hydrogen) atoms. The lowest BCUT2D eigenvalue weighted by molar-refractivity contribution is -0.0905.